The van der Waals surface area contributed by atoms with E-state index in [1.54, 1.807) is 18.2 Å². The highest BCUT2D eigenvalue weighted by Gasteiger charge is 2.10. The molecule has 0 amide bonds. The van der Waals surface area contributed by atoms with Crippen LogP contribution in [0.1, 0.15) is 18.9 Å². The zero-order valence-electron chi connectivity index (χ0n) is 8.61. The van der Waals surface area contributed by atoms with Crippen LogP contribution in [0.4, 0.5) is 0 Å². The molecule has 0 saturated heterocycles. The highest BCUT2D eigenvalue weighted by molar-refractivity contribution is 8.00. The fourth-order valence-electron chi connectivity index (χ4n) is 1.18. The van der Waals surface area contributed by atoms with Gasteiger partial charge in [0, 0.05) is 10.1 Å². The molecule has 0 saturated carbocycles. The molecular formula is C11H10ClNO2S. The smallest absolute Gasteiger partial charge is 0.304 e. The summed E-state index contributed by atoms with van der Waals surface area (Å²) in [5.41, 5.74) is 0.428. The molecule has 1 aromatic rings. The highest BCUT2D eigenvalue weighted by atomic mass is 35.5. The van der Waals surface area contributed by atoms with E-state index in [0.717, 1.165) is 4.90 Å². The molecule has 1 unspecified atom stereocenters. The second kappa shape index (κ2) is 5.78. The number of hydrogen-bond acceptors (Lipinski definition) is 3. The van der Waals surface area contributed by atoms with E-state index >= 15 is 0 Å². The molecule has 0 radical (unpaired) electrons. The predicted molar refractivity (Wildman–Crippen MR) is 63.7 cm³/mol. The fraction of sp³-hybridized carbons (Fsp3) is 0.273. The number of carbonyl (C=O) groups is 1. The molecule has 3 nitrogen and oxygen atoms in total. The van der Waals surface area contributed by atoms with E-state index in [2.05, 4.69) is 0 Å². The van der Waals surface area contributed by atoms with Gasteiger partial charge in [-0.15, -0.1) is 11.8 Å². The Morgan fingerprint density at radius 3 is 2.88 bits per heavy atom. The standard InChI is InChI=1S/C11H10ClNO2S/c1-7(4-11(14)15)16-9-3-2-8(6-13)10(12)5-9/h2-3,5,7H,4H2,1H3,(H,14,15). The minimum absolute atomic E-state index is 0.0264. The Bertz CT molecular complexity index is 442. The zero-order valence-corrected chi connectivity index (χ0v) is 10.2. The van der Waals surface area contributed by atoms with Gasteiger partial charge in [-0.2, -0.15) is 5.26 Å². The number of halogens is 1. The maximum Gasteiger partial charge on any atom is 0.304 e. The lowest BCUT2D eigenvalue weighted by Gasteiger charge is -2.08. The van der Waals surface area contributed by atoms with Crippen molar-refractivity contribution < 1.29 is 9.90 Å². The molecule has 0 bridgehead atoms. The average Bonchev–Trinajstić information content (AvgIpc) is 2.16. The first-order valence-electron chi connectivity index (χ1n) is 4.61. The predicted octanol–water partition coefficient (Wildman–Crippen LogP) is 3.17. The topological polar surface area (TPSA) is 61.1 Å². The SMILES string of the molecule is CC(CC(=O)O)Sc1ccc(C#N)c(Cl)c1. The lowest BCUT2D eigenvalue weighted by atomic mass is 10.2. The Kier molecular flexibility index (Phi) is 4.66. The molecule has 0 fully saturated rings. The van der Waals surface area contributed by atoms with Crippen molar-refractivity contribution in [2.24, 2.45) is 0 Å². The van der Waals surface area contributed by atoms with Crippen molar-refractivity contribution in [3.63, 3.8) is 0 Å². The van der Waals surface area contributed by atoms with E-state index in [1.807, 2.05) is 13.0 Å². The number of carboxylic acid groups (broad SMARTS) is 1. The van der Waals surface area contributed by atoms with Crippen LogP contribution in [0.25, 0.3) is 0 Å². The Morgan fingerprint density at radius 2 is 2.38 bits per heavy atom. The van der Waals surface area contributed by atoms with Crippen molar-refractivity contribution in [1.29, 1.82) is 5.26 Å². The minimum Gasteiger partial charge on any atom is -0.481 e. The first kappa shape index (κ1) is 12.9. The summed E-state index contributed by atoms with van der Waals surface area (Å²) < 4.78 is 0. The van der Waals surface area contributed by atoms with Crippen molar-refractivity contribution in [3.8, 4) is 6.07 Å². The monoisotopic (exact) mass is 255 g/mol. The molecule has 1 aromatic carbocycles. The van der Waals surface area contributed by atoms with Gasteiger partial charge in [0.25, 0.3) is 0 Å². The number of nitriles is 1. The largest absolute Gasteiger partial charge is 0.481 e. The number of carboxylic acids is 1. The molecule has 0 aliphatic heterocycles. The number of benzene rings is 1. The first-order valence-corrected chi connectivity index (χ1v) is 5.86. The van der Waals surface area contributed by atoms with E-state index in [9.17, 15) is 4.79 Å². The van der Waals surface area contributed by atoms with Crippen LogP contribution in [0.15, 0.2) is 23.1 Å². The van der Waals surface area contributed by atoms with Crippen LogP contribution in [0.5, 0.6) is 0 Å². The van der Waals surface area contributed by atoms with Crippen LogP contribution in [0, 0.1) is 11.3 Å². The molecule has 0 heterocycles. The summed E-state index contributed by atoms with van der Waals surface area (Å²) in [6.45, 7) is 1.84. The van der Waals surface area contributed by atoms with Gasteiger partial charge in [0.05, 0.1) is 17.0 Å². The van der Waals surface area contributed by atoms with Gasteiger partial charge in [0.15, 0.2) is 0 Å². The zero-order chi connectivity index (χ0) is 12.1. The summed E-state index contributed by atoms with van der Waals surface area (Å²) in [7, 11) is 0. The maximum atomic E-state index is 10.5. The molecule has 1 atom stereocenters. The summed E-state index contributed by atoms with van der Waals surface area (Å²) in [6, 6.07) is 7.06. The number of aliphatic carboxylic acids is 1. The summed E-state index contributed by atoms with van der Waals surface area (Å²) in [6.07, 6.45) is 0.0995. The van der Waals surface area contributed by atoms with E-state index in [-0.39, 0.29) is 11.7 Å². The molecule has 1 N–H and O–H groups in total. The third kappa shape index (κ3) is 3.76. The van der Waals surface area contributed by atoms with Gasteiger partial charge in [-0.05, 0) is 18.2 Å². The van der Waals surface area contributed by atoms with E-state index in [1.165, 1.54) is 11.8 Å². The summed E-state index contributed by atoms with van der Waals surface area (Å²) in [5, 5.41) is 17.7. The van der Waals surface area contributed by atoms with Gasteiger partial charge in [-0.3, -0.25) is 4.79 Å². The number of nitrogens with zero attached hydrogens (tertiary/aromatic N) is 1. The number of thioether (sulfide) groups is 1. The maximum absolute atomic E-state index is 10.5. The second-order valence-corrected chi connectivity index (χ2v) is 5.20. The summed E-state index contributed by atoms with van der Waals surface area (Å²) in [5.74, 6) is -0.820. The lowest BCUT2D eigenvalue weighted by molar-refractivity contribution is -0.136. The van der Waals surface area contributed by atoms with Crippen molar-refractivity contribution in [1.82, 2.24) is 0 Å². The molecule has 0 aromatic heterocycles. The van der Waals surface area contributed by atoms with Crippen LogP contribution in [-0.2, 0) is 4.79 Å². The van der Waals surface area contributed by atoms with Crippen LogP contribution in [-0.4, -0.2) is 16.3 Å². The van der Waals surface area contributed by atoms with Crippen molar-refractivity contribution in [2.45, 2.75) is 23.5 Å². The van der Waals surface area contributed by atoms with Gasteiger partial charge in [0.1, 0.15) is 6.07 Å². The van der Waals surface area contributed by atoms with E-state index in [4.69, 9.17) is 22.0 Å². The second-order valence-electron chi connectivity index (χ2n) is 3.28. The lowest BCUT2D eigenvalue weighted by Crippen LogP contribution is -2.05. The van der Waals surface area contributed by atoms with Gasteiger partial charge < -0.3 is 5.11 Å². The highest BCUT2D eigenvalue weighted by Crippen LogP contribution is 2.28. The van der Waals surface area contributed by atoms with Gasteiger partial charge in [-0.25, -0.2) is 0 Å². The summed E-state index contributed by atoms with van der Waals surface area (Å²) in [4.78, 5) is 11.4. The van der Waals surface area contributed by atoms with Crippen LogP contribution in [0.2, 0.25) is 5.02 Å². The molecule has 84 valence electrons. The quantitative estimate of drug-likeness (QED) is 0.840. The normalized spacial score (nSPS) is 11.8. The van der Waals surface area contributed by atoms with Crippen molar-refractivity contribution >= 4 is 29.3 Å². The van der Waals surface area contributed by atoms with Gasteiger partial charge in [-0.1, -0.05) is 18.5 Å². The van der Waals surface area contributed by atoms with Crippen molar-refractivity contribution in [2.75, 3.05) is 0 Å². The average molecular weight is 256 g/mol. The molecular weight excluding hydrogens is 246 g/mol. The molecule has 5 heteroatoms. The minimum atomic E-state index is -0.820. The van der Waals surface area contributed by atoms with Gasteiger partial charge >= 0.3 is 5.97 Å². The van der Waals surface area contributed by atoms with E-state index < -0.39 is 5.97 Å². The molecule has 0 aliphatic rings. The Hall–Kier alpha value is -1.18. The van der Waals surface area contributed by atoms with Crippen LogP contribution < -0.4 is 0 Å². The third-order valence-corrected chi connectivity index (χ3v) is 3.27. The molecule has 0 aliphatic carbocycles. The number of rotatable bonds is 4. The fourth-order valence-corrected chi connectivity index (χ4v) is 2.49. The third-order valence-electron chi connectivity index (χ3n) is 1.86. The Labute approximate surface area is 103 Å². The summed E-state index contributed by atoms with van der Waals surface area (Å²) >= 11 is 7.30. The van der Waals surface area contributed by atoms with Crippen molar-refractivity contribution in [3.05, 3.63) is 28.8 Å². The Morgan fingerprint density at radius 1 is 1.69 bits per heavy atom. The number of hydrogen-bond donors (Lipinski definition) is 1. The molecule has 1 rings (SSSR count). The van der Waals surface area contributed by atoms with Crippen LogP contribution >= 0.6 is 23.4 Å². The Balaban J connectivity index is 2.72. The molecule has 16 heavy (non-hydrogen) atoms. The first-order chi connectivity index (χ1) is 7.52. The van der Waals surface area contributed by atoms with Crippen LogP contribution in [0.3, 0.4) is 0 Å². The van der Waals surface area contributed by atoms with Gasteiger partial charge in [0.2, 0.25) is 0 Å². The van der Waals surface area contributed by atoms with E-state index in [0.29, 0.717) is 10.6 Å². The molecule has 0 spiro atoms.